The second-order valence-corrected chi connectivity index (χ2v) is 6.11. The van der Waals surface area contributed by atoms with Gasteiger partial charge in [-0.2, -0.15) is 0 Å². The fraction of sp³-hybridized carbons (Fsp3) is 0.350. The van der Waals surface area contributed by atoms with Crippen LogP contribution in [0.15, 0.2) is 53.5 Å². The van der Waals surface area contributed by atoms with Gasteiger partial charge in [0.2, 0.25) is 0 Å². The van der Waals surface area contributed by atoms with E-state index in [4.69, 9.17) is 10.5 Å². The van der Waals surface area contributed by atoms with Gasteiger partial charge in [-0.15, -0.1) is 24.0 Å². The normalized spacial score (nSPS) is 14.7. The molecular formula is C20H27IN4O. The Labute approximate surface area is 172 Å². The van der Waals surface area contributed by atoms with Gasteiger partial charge in [-0.3, -0.25) is 0 Å². The minimum absolute atomic E-state index is 0. The van der Waals surface area contributed by atoms with Gasteiger partial charge in [0.1, 0.15) is 0 Å². The number of guanidine groups is 1. The van der Waals surface area contributed by atoms with Crippen LogP contribution in [0, 0.1) is 0 Å². The second kappa shape index (κ2) is 10.4. The van der Waals surface area contributed by atoms with Crippen molar-refractivity contribution in [3.63, 3.8) is 0 Å². The van der Waals surface area contributed by atoms with Gasteiger partial charge in [0.15, 0.2) is 5.96 Å². The summed E-state index contributed by atoms with van der Waals surface area (Å²) in [6, 6.07) is 16.6. The number of hydrogen-bond donors (Lipinski definition) is 2. The molecule has 26 heavy (non-hydrogen) atoms. The highest BCUT2D eigenvalue weighted by molar-refractivity contribution is 14.0. The molecule has 1 heterocycles. The molecule has 6 heteroatoms. The van der Waals surface area contributed by atoms with Crippen molar-refractivity contribution in [1.29, 1.82) is 0 Å². The monoisotopic (exact) mass is 466 g/mol. The Hall–Kier alpha value is -1.80. The molecule has 140 valence electrons. The van der Waals surface area contributed by atoms with Crippen LogP contribution < -0.4 is 16.0 Å². The molecule has 1 fully saturated rings. The van der Waals surface area contributed by atoms with E-state index in [9.17, 15) is 0 Å². The topological polar surface area (TPSA) is 62.9 Å². The van der Waals surface area contributed by atoms with Crippen LogP contribution >= 0.6 is 24.0 Å². The van der Waals surface area contributed by atoms with Gasteiger partial charge in [0.25, 0.3) is 0 Å². The lowest BCUT2D eigenvalue weighted by Gasteiger charge is -2.30. The van der Waals surface area contributed by atoms with Crippen molar-refractivity contribution < 1.29 is 4.74 Å². The summed E-state index contributed by atoms with van der Waals surface area (Å²) in [5, 5.41) is 3.16. The Morgan fingerprint density at radius 3 is 2.50 bits per heavy atom. The van der Waals surface area contributed by atoms with E-state index in [0.717, 1.165) is 38.4 Å². The Balaban J connectivity index is 0.00000243. The summed E-state index contributed by atoms with van der Waals surface area (Å²) in [6.07, 6.45) is 1.03. The molecule has 0 aromatic heterocycles. The first-order valence-electron chi connectivity index (χ1n) is 8.82. The molecule has 5 nitrogen and oxygen atoms in total. The van der Waals surface area contributed by atoms with Crippen molar-refractivity contribution in [3.8, 4) is 0 Å². The van der Waals surface area contributed by atoms with Crippen molar-refractivity contribution in [1.82, 2.24) is 0 Å². The summed E-state index contributed by atoms with van der Waals surface area (Å²) >= 11 is 0. The van der Waals surface area contributed by atoms with Crippen LogP contribution in [0.3, 0.4) is 0 Å². The molecule has 0 amide bonds. The number of rotatable bonds is 5. The van der Waals surface area contributed by atoms with Gasteiger partial charge in [0.05, 0.1) is 19.8 Å². The molecule has 0 bridgehead atoms. The maximum atomic E-state index is 6.06. The van der Waals surface area contributed by atoms with E-state index in [1.165, 1.54) is 16.8 Å². The van der Waals surface area contributed by atoms with Crippen molar-refractivity contribution in [2.24, 2.45) is 10.7 Å². The van der Waals surface area contributed by atoms with Crippen molar-refractivity contribution in [2.45, 2.75) is 19.9 Å². The molecule has 1 aliphatic heterocycles. The van der Waals surface area contributed by atoms with E-state index >= 15 is 0 Å². The Morgan fingerprint density at radius 1 is 1.12 bits per heavy atom. The average Bonchev–Trinajstić information content (AvgIpc) is 2.68. The molecule has 0 atom stereocenters. The maximum absolute atomic E-state index is 6.06. The van der Waals surface area contributed by atoms with Crippen LogP contribution in [-0.4, -0.2) is 32.3 Å². The number of hydrogen-bond acceptors (Lipinski definition) is 3. The van der Waals surface area contributed by atoms with Crippen molar-refractivity contribution >= 4 is 41.3 Å². The lowest BCUT2D eigenvalue weighted by atomic mass is 10.1. The summed E-state index contributed by atoms with van der Waals surface area (Å²) in [4.78, 5) is 6.86. The predicted molar refractivity (Wildman–Crippen MR) is 120 cm³/mol. The average molecular weight is 466 g/mol. The van der Waals surface area contributed by atoms with Gasteiger partial charge in [-0.25, -0.2) is 4.99 Å². The molecule has 3 rings (SSSR count). The van der Waals surface area contributed by atoms with Crippen molar-refractivity contribution in [2.75, 3.05) is 36.5 Å². The molecule has 1 saturated heterocycles. The third-order valence-electron chi connectivity index (χ3n) is 4.40. The lowest BCUT2D eigenvalue weighted by molar-refractivity contribution is 0.122. The highest BCUT2D eigenvalue weighted by Crippen LogP contribution is 2.22. The smallest absolute Gasteiger partial charge is 0.193 e. The number of morpholine rings is 1. The SMILES string of the molecule is CCc1ccc(NC(N)=NCc2ccccc2N2CCOCC2)cc1.I. The Kier molecular flexibility index (Phi) is 8.18. The van der Waals surface area contributed by atoms with E-state index in [2.05, 4.69) is 52.5 Å². The van der Waals surface area contributed by atoms with Crippen LogP contribution in [0.25, 0.3) is 0 Å². The zero-order valence-electron chi connectivity index (χ0n) is 15.1. The largest absolute Gasteiger partial charge is 0.378 e. The molecule has 0 saturated carbocycles. The summed E-state index contributed by atoms with van der Waals surface area (Å²) in [6.45, 7) is 6.07. The summed E-state index contributed by atoms with van der Waals surface area (Å²) < 4.78 is 5.44. The van der Waals surface area contributed by atoms with Gasteiger partial charge < -0.3 is 20.7 Å². The van der Waals surface area contributed by atoms with Gasteiger partial charge in [-0.1, -0.05) is 37.3 Å². The first-order valence-corrected chi connectivity index (χ1v) is 8.82. The zero-order valence-corrected chi connectivity index (χ0v) is 17.5. The molecule has 2 aromatic rings. The summed E-state index contributed by atoms with van der Waals surface area (Å²) in [5.41, 5.74) is 10.7. The van der Waals surface area contributed by atoms with Crippen LogP contribution in [0.4, 0.5) is 11.4 Å². The molecule has 0 aliphatic carbocycles. The molecule has 0 radical (unpaired) electrons. The first kappa shape index (κ1) is 20.5. The van der Waals surface area contributed by atoms with Gasteiger partial charge in [-0.05, 0) is 35.7 Å². The highest BCUT2D eigenvalue weighted by Gasteiger charge is 2.14. The van der Waals surface area contributed by atoms with E-state index in [-0.39, 0.29) is 24.0 Å². The van der Waals surface area contributed by atoms with Gasteiger partial charge >= 0.3 is 0 Å². The standard InChI is InChI=1S/C20H26N4O.HI/c1-2-16-7-9-18(10-8-16)23-20(21)22-15-17-5-3-4-6-19(17)24-11-13-25-14-12-24;/h3-10H,2,11-15H2,1H3,(H3,21,22,23);1H. The highest BCUT2D eigenvalue weighted by atomic mass is 127. The first-order chi connectivity index (χ1) is 12.3. The van der Waals surface area contributed by atoms with E-state index < -0.39 is 0 Å². The number of benzene rings is 2. The van der Waals surface area contributed by atoms with Crippen LogP contribution in [-0.2, 0) is 17.7 Å². The zero-order chi connectivity index (χ0) is 17.5. The maximum Gasteiger partial charge on any atom is 0.193 e. The number of nitrogens with one attached hydrogen (secondary N) is 1. The fourth-order valence-corrected chi connectivity index (χ4v) is 2.94. The number of ether oxygens (including phenoxy) is 1. The second-order valence-electron chi connectivity index (χ2n) is 6.11. The van der Waals surface area contributed by atoms with E-state index in [0.29, 0.717) is 12.5 Å². The number of halogens is 1. The number of para-hydroxylation sites is 1. The molecule has 1 aliphatic rings. The number of nitrogens with two attached hydrogens (primary N) is 1. The molecule has 0 unspecified atom stereocenters. The quantitative estimate of drug-likeness (QED) is 0.402. The predicted octanol–water partition coefficient (Wildman–Crippen LogP) is 3.63. The summed E-state index contributed by atoms with van der Waals surface area (Å²) in [7, 11) is 0. The van der Waals surface area contributed by atoms with Crippen LogP contribution in [0.2, 0.25) is 0 Å². The minimum Gasteiger partial charge on any atom is -0.378 e. The van der Waals surface area contributed by atoms with Crippen LogP contribution in [0.1, 0.15) is 18.1 Å². The number of aliphatic imine (C=N–C) groups is 1. The third kappa shape index (κ3) is 5.60. The van der Waals surface area contributed by atoms with Crippen LogP contribution in [0.5, 0.6) is 0 Å². The Bertz CT molecular complexity index is 712. The fourth-order valence-electron chi connectivity index (χ4n) is 2.94. The van der Waals surface area contributed by atoms with E-state index in [1.807, 2.05) is 18.2 Å². The number of nitrogens with zero attached hydrogens (tertiary/aromatic N) is 2. The van der Waals surface area contributed by atoms with Gasteiger partial charge in [0, 0.05) is 24.5 Å². The Morgan fingerprint density at radius 2 is 1.81 bits per heavy atom. The molecule has 3 N–H and O–H groups in total. The van der Waals surface area contributed by atoms with E-state index in [1.54, 1.807) is 0 Å². The third-order valence-corrected chi connectivity index (χ3v) is 4.40. The lowest BCUT2D eigenvalue weighted by Crippen LogP contribution is -2.36. The minimum atomic E-state index is 0. The van der Waals surface area contributed by atoms with Crippen molar-refractivity contribution in [3.05, 3.63) is 59.7 Å². The molecule has 0 spiro atoms. The molecular weight excluding hydrogens is 439 g/mol. The number of anilines is 2. The number of aryl methyl sites for hydroxylation is 1. The summed E-state index contributed by atoms with van der Waals surface area (Å²) in [5.74, 6) is 0.432. The molecule has 2 aromatic carbocycles.